The minimum atomic E-state index is -0.472. The maximum absolute atomic E-state index is 11.8. The van der Waals surface area contributed by atoms with E-state index in [1.165, 1.54) is 7.11 Å². The maximum atomic E-state index is 11.8. The van der Waals surface area contributed by atoms with Gasteiger partial charge in [0.15, 0.2) is 5.69 Å². The third kappa shape index (κ3) is 3.12. The molecule has 1 heterocycles. The molecule has 23 heavy (non-hydrogen) atoms. The van der Waals surface area contributed by atoms with E-state index < -0.39 is 5.97 Å². The van der Waals surface area contributed by atoms with Crippen molar-refractivity contribution in [2.75, 3.05) is 12.4 Å². The van der Waals surface area contributed by atoms with Gasteiger partial charge in [0.05, 0.1) is 18.3 Å². The smallest absolute Gasteiger partial charge is 0.356 e. The topological polar surface area (TPSA) is 51.2 Å². The van der Waals surface area contributed by atoms with Gasteiger partial charge in [-0.3, -0.25) is 0 Å². The third-order valence-electron chi connectivity index (χ3n) is 3.56. The number of hydrogen-bond donors (Lipinski definition) is 1. The first-order valence-corrected chi connectivity index (χ1v) is 7.47. The molecule has 0 spiro atoms. The zero-order valence-electron chi connectivity index (χ0n) is 12.8. The van der Waals surface area contributed by atoms with Gasteiger partial charge in [0.2, 0.25) is 0 Å². The first-order chi connectivity index (χ1) is 11.1. The monoisotopic (exact) mass is 326 g/mol. The zero-order chi connectivity index (χ0) is 16.4. The van der Waals surface area contributed by atoms with Gasteiger partial charge in [0.25, 0.3) is 0 Å². The summed E-state index contributed by atoms with van der Waals surface area (Å²) in [4.78, 5) is 16.2. The molecular formula is C18H15ClN2O2. The van der Waals surface area contributed by atoms with Crippen LogP contribution in [-0.2, 0) is 4.74 Å². The highest BCUT2D eigenvalue weighted by Crippen LogP contribution is 2.28. The van der Waals surface area contributed by atoms with Crippen LogP contribution >= 0.6 is 11.6 Å². The lowest BCUT2D eigenvalue weighted by Gasteiger charge is -2.12. The molecule has 0 aliphatic heterocycles. The highest BCUT2D eigenvalue weighted by atomic mass is 35.5. The SMILES string of the molecule is COC(=O)c1cc(Nc2ccc(C)c(Cl)c2)c2ccccc2n1. The van der Waals surface area contributed by atoms with Crippen molar-refractivity contribution in [3.8, 4) is 0 Å². The summed E-state index contributed by atoms with van der Waals surface area (Å²) in [6, 6.07) is 15.0. The number of aryl methyl sites for hydroxylation is 1. The molecule has 5 heteroatoms. The molecule has 0 amide bonds. The summed E-state index contributed by atoms with van der Waals surface area (Å²) in [6.45, 7) is 1.95. The highest BCUT2D eigenvalue weighted by Gasteiger charge is 2.12. The van der Waals surface area contributed by atoms with Crippen molar-refractivity contribution in [1.82, 2.24) is 4.98 Å². The molecule has 0 aliphatic rings. The average molecular weight is 327 g/mol. The largest absolute Gasteiger partial charge is 0.464 e. The lowest BCUT2D eigenvalue weighted by Crippen LogP contribution is -2.06. The predicted octanol–water partition coefficient (Wildman–Crippen LogP) is 4.73. The van der Waals surface area contributed by atoms with Gasteiger partial charge in [-0.05, 0) is 36.8 Å². The molecular weight excluding hydrogens is 312 g/mol. The molecule has 0 unspecified atom stereocenters. The molecule has 0 atom stereocenters. The van der Waals surface area contributed by atoms with Crippen molar-refractivity contribution in [2.45, 2.75) is 6.92 Å². The Bertz CT molecular complexity index is 893. The number of halogens is 1. The zero-order valence-corrected chi connectivity index (χ0v) is 13.5. The predicted molar refractivity (Wildman–Crippen MR) is 92.6 cm³/mol. The molecule has 0 saturated heterocycles. The summed E-state index contributed by atoms with van der Waals surface area (Å²) in [5.41, 5.74) is 3.60. The van der Waals surface area contributed by atoms with Crippen LogP contribution < -0.4 is 5.32 Å². The van der Waals surface area contributed by atoms with Gasteiger partial charge in [0.1, 0.15) is 0 Å². The van der Waals surface area contributed by atoms with Gasteiger partial charge in [0, 0.05) is 16.1 Å². The number of para-hydroxylation sites is 1. The molecule has 0 bridgehead atoms. The van der Waals surface area contributed by atoms with Crippen molar-refractivity contribution in [3.63, 3.8) is 0 Å². The number of aromatic nitrogens is 1. The quantitative estimate of drug-likeness (QED) is 0.707. The molecule has 116 valence electrons. The molecule has 3 rings (SSSR count). The summed E-state index contributed by atoms with van der Waals surface area (Å²) < 4.78 is 4.77. The second-order valence-corrected chi connectivity index (χ2v) is 5.56. The minimum Gasteiger partial charge on any atom is -0.464 e. The van der Waals surface area contributed by atoms with Crippen LogP contribution in [0.5, 0.6) is 0 Å². The van der Waals surface area contributed by atoms with E-state index in [9.17, 15) is 4.79 Å². The number of hydrogen-bond acceptors (Lipinski definition) is 4. The average Bonchev–Trinajstić information content (AvgIpc) is 2.57. The number of pyridine rings is 1. The van der Waals surface area contributed by atoms with Crippen LogP contribution in [0.15, 0.2) is 48.5 Å². The summed E-state index contributed by atoms with van der Waals surface area (Å²) in [7, 11) is 1.34. The Morgan fingerprint density at radius 1 is 1.17 bits per heavy atom. The van der Waals surface area contributed by atoms with Crippen molar-refractivity contribution in [1.29, 1.82) is 0 Å². The van der Waals surface area contributed by atoms with Gasteiger partial charge < -0.3 is 10.1 Å². The van der Waals surface area contributed by atoms with Gasteiger partial charge in [-0.1, -0.05) is 35.9 Å². The number of nitrogens with zero attached hydrogens (tertiary/aromatic N) is 1. The van der Waals surface area contributed by atoms with E-state index in [0.717, 1.165) is 27.8 Å². The van der Waals surface area contributed by atoms with Crippen LogP contribution in [0.4, 0.5) is 11.4 Å². The Morgan fingerprint density at radius 2 is 1.96 bits per heavy atom. The lowest BCUT2D eigenvalue weighted by molar-refractivity contribution is 0.0594. The summed E-state index contributed by atoms with van der Waals surface area (Å²) in [6.07, 6.45) is 0. The second kappa shape index (κ2) is 6.26. The number of fused-ring (bicyclic) bond motifs is 1. The Labute approximate surface area is 139 Å². The van der Waals surface area contributed by atoms with Crippen molar-refractivity contribution >= 4 is 39.8 Å². The van der Waals surface area contributed by atoms with Crippen LogP contribution in [0.2, 0.25) is 5.02 Å². The first kappa shape index (κ1) is 15.3. The van der Waals surface area contributed by atoms with Crippen LogP contribution in [0.3, 0.4) is 0 Å². The lowest BCUT2D eigenvalue weighted by atomic mass is 10.1. The molecule has 0 radical (unpaired) electrons. The fourth-order valence-electron chi connectivity index (χ4n) is 2.31. The third-order valence-corrected chi connectivity index (χ3v) is 3.97. The number of carbonyl (C=O) groups is 1. The summed E-state index contributed by atoms with van der Waals surface area (Å²) in [5, 5.41) is 4.90. The van der Waals surface area contributed by atoms with E-state index in [-0.39, 0.29) is 5.69 Å². The Balaban J connectivity index is 2.10. The molecule has 0 fully saturated rings. The standard InChI is InChI=1S/C18H15ClN2O2/c1-11-7-8-12(9-14(11)19)20-16-10-17(18(22)23-2)21-15-6-4-3-5-13(15)16/h3-10H,1-2H3,(H,20,21). The normalized spacial score (nSPS) is 10.6. The number of nitrogens with one attached hydrogen (secondary N) is 1. The summed E-state index contributed by atoms with van der Waals surface area (Å²) >= 11 is 6.18. The first-order valence-electron chi connectivity index (χ1n) is 7.10. The molecule has 4 nitrogen and oxygen atoms in total. The van der Waals surface area contributed by atoms with E-state index in [0.29, 0.717) is 5.02 Å². The number of benzene rings is 2. The van der Waals surface area contributed by atoms with Gasteiger partial charge in [-0.2, -0.15) is 0 Å². The van der Waals surface area contributed by atoms with E-state index in [4.69, 9.17) is 16.3 Å². The number of ether oxygens (including phenoxy) is 1. The van der Waals surface area contributed by atoms with Crippen molar-refractivity contribution in [3.05, 3.63) is 64.8 Å². The van der Waals surface area contributed by atoms with Crippen LogP contribution in [0.1, 0.15) is 16.1 Å². The number of methoxy groups -OCH3 is 1. The number of esters is 1. The second-order valence-electron chi connectivity index (χ2n) is 5.15. The van der Waals surface area contributed by atoms with Crippen molar-refractivity contribution in [2.24, 2.45) is 0 Å². The molecule has 0 aliphatic carbocycles. The van der Waals surface area contributed by atoms with Crippen LogP contribution in [-0.4, -0.2) is 18.1 Å². The number of anilines is 2. The molecule has 3 aromatic rings. The Morgan fingerprint density at radius 3 is 2.70 bits per heavy atom. The Hall–Kier alpha value is -2.59. The molecule has 1 N–H and O–H groups in total. The van der Waals surface area contributed by atoms with Crippen LogP contribution in [0, 0.1) is 6.92 Å². The molecule has 2 aromatic carbocycles. The van der Waals surface area contributed by atoms with Crippen molar-refractivity contribution < 1.29 is 9.53 Å². The Kier molecular flexibility index (Phi) is 4.17. The minimum absolute atomic E-state index is 0.256. The van der Waals surface area contributed by atoms with E-state index >= 15 is 0 Å². The van der Waals surface area contributed by atoms with E-state index in [2.05, 4.69) is 10.3 Å². The van der Waals surface area contributed by atoms with E-state index in [1.807, 2.05) is 49.4 Å². The molecule has 0 saturated carbocycles. The fourth-order valence-corrected chi connectivity index (χ4v) is 2.49. The van der Waals surface area contributed by atoms with Gasteiger partial charge in [-0.25, -0.2) is 9.78 Å². The fraction of sp³-hybridized carbons (Fsp3) is 0.111. The molecule has 1 aromatic heterocycles. The maximum Gasteiger partial charge on any atom is 0.356 e. The van der Waals surface area contributed by atoms with Crippen LogP contribution in [0.25, 0.3) is 10.9 Å². The highest BCUT2D eigenvalue weighted by molar-refractivity contribution is 6.31. The van der Waals surface area contributed by atoms with Gasteiger partial charge in [-0.15, -0.1) is 0 Å². The van der Waals surface area contributed by atoms with E-state index in [1.54, 1.807) is 6.07 Å². The number of rotatable bonds is 3. The number of carbonyl (C=O) groups excluding carboxylic acids is 1. The summed E-state index contributed by atoms with van der Waals surface area (Å²) in [5.74, 6) is -0.472. The van der Waals surface area contributed by atoms with Gasteiger partial charge >= 0.3 is 5.97 Å².